The highest BCUT2D eigenvalue weighted by molar-refractivity contribution is 5.85. The zero-order valence-electron chi connectivity index (χ0n) is 12.5. The van der Waals surface area contributed by atoms with Crippen LogP contribution in [0.3, 0.4) is 0 Å². The van der Waals surface area contributed by atoms with Crippen LogP contribution >= 0.6 is 12.4 Å². The van der Waals surface area contributed by atoms with Gasteiger partial charge in [0.1, 0.15) is 6.67 Å². The van der Waals surface area contributed by atoms with Crippen molar-refractivity contribution in [2.75, 3.05) is 6.67 Å². The van der Waals surface area contributed by atoms with Crippen molar-refractivity contribution in [2.24, 2.45) is 5.92 Å². The molecule has 0 unspecified atom stereocenters. The van der Waals surface area contributed by atoms with E-state index < -0.39 is 6.67 Å². The minimum Gasteiger partial charge on any atom is -0.307 e. The lowest BCUT2D eigenvalue weighted by molar-refractivity contribution is 0.417. The monoisotopic (exact) mass is 315 g/mol. The molecule has 1 N–H and O–H groups in total. The van der Waals surface area contributed by atoms with Gasteiger partial charge in [-0.05, 0) is 12.0 Å². The SMILES string of the molecule is CC(C)Cn1cc(CNCc2ccnn2CCF)cn1.Cl. The van der Waals surface area contributed by atoms with E-state index in [9.17, 15) is 4.39 Å². The molecule has 0 amide bonds. The molecular formula is C14H23ClFN5. The van der Waals surface area contributed by atoms with E-state index in [1.165, 1.54) is 0 Å². The Kier molecular flexibility index (Phi) is 7.39. The van der Waals surface area contributed by atoms with Gasteiger partial charge in [-0.25, -0.2) is 4.39 Å². The van der Waals surface area contributed by atoms with Gasteiger partial charge >= 0.3 is 0 Å². The molecule has 0 saturated carbocycles. The second kappa shape index (κ2) is 8.79. The maximum absolute atomic E-state index is 12.3. The molecule has 0 bridgehead atoms. The number of nitrogens with zero attached hydrogens (tertiary/aromatic N) is 4. The van der Waals surface area contributed by atoms with Crippen molar-refractivity contribution >= 4 is 12.4 Å². The van der Waals surface area contributed by atoms with Crippen molar-refractivity contribution in [1.82, 2.24) is 24.9 Å². The number of rotatable bonds is 8. The van der Waals surface area contributed by atoms with Crippen LogP contribution in [0.2, 0.25) is 0 Å². The third kappa shape index (κ3) is 5.47. The van der Waals surface area contributed by atoms with E-state index in [0.29, 0.717) is 19.0 Å². The van der Waals surface area contributed by atoms with Crippen molar-refractivity contribution in [3.8, 4) is 0 Å². The molecule has 0 aromatic carbocycles. The molecule has 0 fully saturated rings. The number of aryl methyl sites for hydroxylation is 1. The number of halogens is 2. The number of hydrogen-bond donors (Lipinski definition) is 1. The van der Waals surface area contributed by atoms with E-state index in [1.807, 2.05) is 16.9 Å². The molecular weight excluding hydrogens is 293 g/mol. The predicted molar refractivity (Wildman–Crippen MR) is 83.1 cm³/mol. The van der Waals surface area contributed by atoms with Crippen molar-refractivity contribution in [2.45, 2.75) is 40.0 Å². The van der Waals surface area contributed by atoms with Crippen LogP contribution in [0.25, 0.3) is 0 Å². The van der Waals surface area contributed by atoms with E-state index in [2.05, 4.69) is 35.6 Å². The standard InChI is InChI=1S/C14H22FN5.ClH/c1-12(2)10-19-11-13(8-18-19)7-16-9-14-3-5-17-20(14)6-4-15;/h3,5,8,11-12,16H,4,6-7,9-10H2,1-2H3;1H. The Morgan fingerprint density at radius 3 is 2.81 bits per heavy atom. The summed E-state index contributed by atoms with van der Waals surface area (Å²) in [6, 6.07) is 1.91. The Labute approximate surface area is 130 Å². The van der Waals surface area contributed by atoms with E-state index in [0.717, 1.165) is 24.3 Å². The van der Waals surface area contributed by atoms with Crippen LogP contribution in [-0.4, -0.2) is 26.2 Å². The van der Waals surface area contributed by atoms with Gasteiger partial charge in [-0.3, -0.25) is 9.36 Å². The molecule has 2 aromatic heterocycles. The Morgan fingerprint density at radius 2 is 2.10 bits per heavy atom. The third-order valence-electron chi connectivity index (χ3n) is 2.97. The molecule has 0 radical (unpaired) electrons. The summed E-state index contributed by atoms with van der Waals surface area (Å²) in [5, 5.41) is 11.8. The maximum Gasteiger partial charge on any atom is 0.109 e. The second-order valence-electron chi connectivity index (χ2n) is 5.30. The first kappa shape index (κ1) is 17.7. The van der Waals surface area contributed by atoms with Crippen LogP contribution in [0.4, 0.5) is 4.39 Å². The molecule has 118 valence electrons. The number of aromatic nitrogens is 4. The number of hydrogen-bond acceptors (Lipinski definition) is 3. The van der Waals surface area contributed by atoms with Crippen molar-refractivity contribution in [1.29, 1.82) is 0 Å². The van der Waals surface area contributed by atoms with Gasteiger partial charge in [-0.2, -0.15) is 10.2 Å². The summed E-state index contributed by atoms with van der Waals surface area (Å²) in [7, 11) is 0. The highest BCUT2D eigenvalue weighted by atomic mass is 35.5. The molecule has 0 aliphatic carbocycles. The van der Waals surface area contributed by atoms with Gasteiger partial charge < -0.3 is 5.32 Å². The summed E-state index contributed by atoms with van der Waals surface area (Å²) >= 11 is 0. The lowest BCUT2D eigenvalue weighted by Gasteiger charge is -2.06. The molecule has 0 aliphatic heterocycles. The van der Waals surface area contributed by atoms with Crippen LogP contribution in [-0.2, 0) is 26.2 Å². The molecule has 2 aromatic rings. The van der Waals surface area contributed by atoms with Crippen LogP contribution in [0, 0.1) is 5.92 Å². The van der Waals surface area contributed by atoms with E-state index in [1.54, 1.807) is 10.9 Å². The zero-order valence-corrected chi connectivity index (χ0v) is 13.3. The molecule has 2 rings (SSSR count). The average Bonchev–Trinajstić information content (AvgIpc) is 3.00. The summed E-state index contributed by atoms with van der Waals surface area (Å²) in [5.41, 5.74) is 2.15. The molecule has 0 aliphatic rings. The Hall–Kier alpha value is -1.40. The van der Waals surface area contributed by atoms with Crippen LogP contribution < -0.4 is 5.32 Å². The van der Waals surface area contributed by atoms with Crippen LogP contribution in [0.1, 0.15) is 25.1 Å². The molecule has 0 saturated heterocycles. The smallest absolute Gasteiger partial charge is 0.109 e. The van der Waals surface area contributed by atoms with E-state index >= 15 is 0 Å². The van der Waals surface area contributed by atoms with Gasteiger partial charge in [0.25, 0.3) is 0 Å². The van der Waals surface area contributed by atoms with Crippen LogP contribution in [0.5, 0.6) is 0 Å². The minimum absolute atomic E-state index is 0. The number of nitrogens with one attached hydrogen (secondary N) is 1. The summed E-state index contributed by atoms with van der Waals surface area (Å²) in [4.78, 5) is 0. The van der Waals surface area contributed by atoms with Crippen molar-refractivity contribution in [3.05, 3.63) is 35.9 Å². The topological polar surface area (TPSA) is 47.7 Å². The minimum atomic E-state index is -0.392. The fourth-order valence-electron chi connectivity index (χ4n) is 2.10. The second-order valence-corrected chi connectivity index (χ2v) is 5.30. The summed E-state index contributed by atoms with van der Waals surface area (Å²) in [5.74, 6) is 0.589. The predicted octanol–water partition coefficient (Wildman–Crippen LogP) is 2.42. The lowest BCUT2D eigenvalue weighted by Crippen LogP contribution is -2.16. The summed E-state index contributed by atoms with van der Waals surface area (Å²) in [6.45, 7) is 6.63. The van der Waals surface area contributed by atoms with Crippen molar-refractivity contribution in [3.63, 3.8) is 0 Å². The lowest BCUT2D eigenvalue weighted by atomic mass is 10.2. The quantitative estimate of drug-likeness (QED) is 0.814. The van der Waals surface area contributed by atoms with Gasteiger partial charge in [0.2, 0.25) is 0 Å². The highest BCUT2D eigenvalue weighted by Gasteiger charge is 2.03. The van der Waals surface area contributed by atoms with Crippen LogP contribution in [0.15, 0.2) is 24.7 Å². The zero-order chi connectivity index (χ0) is 14.4. The highest BCUT2D eigenvalue weighted by Crippen LogP contribution is 2.03. The van der Waals surface area contributed by atoms with Crippen molar-refractivity contribution < 1.29 is 4.39 Å². The van der Waals surface area contributed by atoms with Gasteiger partial charge in [0, 0.05) is 37.6 Å². The van der Waals surface area contributed by atoms with Gasteiger partial charge in [-0.15, -0.1) is 12.4 Å². The first-order valence-corrected chi connectivity index (χ1v) is 6.97. The summed E-state index contributed by atoms with van der Waals surface area (Å²) < 4.78 is 16.0. The average molecular weight is 316 g/mol. The fourth-order valence-corrected chi connectivity index (χ4v) is 2.10. The first-order chi connectivity index (χ1) is 9.69. The molecule has 0 atom stereocenters. The van der Waals surface area contributed by atoms with Gasteiger partial charge in [0.15, 0.2) is 0 Å². The maximum atomic E-state index is 12.3. The molecule has 21 heavy (non-hydrogen) atoms. The largest absolute Gasteiger partial charge is 0.307 e. The first-order valence-electron chi connectivity index (χ1n) is 6.97. The van der Waals surface area contributed by atoms with Gasteiger partial charge in [-0.1, -0.05) is 13.8 Å². The normalized spacial score (nSPS) is 10.9. The van der Waals surface area contributed by atoms with E-state index in [4.69, 9.17) is 0 Å². The summed E-state index contributed by atoms with van der Waals surface area (Å²) in [6.07, 6.45) is 5.65. The Morgan fingerprint density at radius 1 is 1.29 bits per heavy atom. The molecule has 7 heteroatoms. The Balaban J connectivity index is 0.00000220. The third-order valence-corrected chi connectivity index (χ3v) is 2.97. The van der Waals surface area contributed by atoms with E-state index in [-0.39, 0.29) is 12.4 Å². The molecule has 2 heterocycles. The molecule has 5 nitrogen and oxygen atoms in total. The fraction of sp³-hybridized carbons (Fsp3) is 0.571. The Bertz CT molecular complexity index is 523. The number of alkyl halides is 1. The molecule has 0 spiro atoms. The van der Waals surface area contributed by atoms with Gasteiger partial charge in [0.05, 0.1) is 18.4 Å².